The summed E-state index contributed by atoms with van der Waals surface area (Å²) in [5.41, 5.74) is 1.96. The second kappa shape index (κ2) is 10.8. The van der Waals surface area contributed by atoms with Gasteiger partial charge in [-0.2, -0.15) is 0 Å². The molecule has 0 spiro atoms. The Morgan fingerprint density at radius 1 is 1.03 bits per heavy atom. The molecule has 0 amide bonds. The van der Waals surface area contributed by atoms with E-state index in [4.69, 9.17) is 25.7 Å². The van der Waals surface area contributed by atoms with Gasteiger partial charge in [0.25, 0.3) is 0 Å². The van der Waals surface area contributed by atoms with E-state index in [0.29, 0.717) is 19.9 Å². The first-order valence-corrected chi connectivity index (χ1v) is 13.9. The Labute approximate surface area is 196 Å². The maximum absolute atomic E-state index is 6.24. The summed E-state index contributed by atoms with van der Waals surface area (Å²) in [4.78, 5) is 6.08. The van der Waals surface area contributed by atoms with Crippen molar-refractivity contribution in [2.45, 2.75) is 69.1 Å². The SMILES string of the molecule is C[Si](C)OCc1nc(C(C)(C)C)n(COCc2ccccc2)c1Sc1cccc(Cl)c1. The zero-order chi connectivity index (χ0) is 22.4. The van der Waals surface area contributed by atoms with Crippen molar-refractivity contribution in [1.82, 2.24) is 9.55 Å². The third-order valence-electron chi connectivity index (χ3n) is 4.50. The summed E-state index contributed by atoms with van der Waals surface area (Å²) in [6.45, 7) is 12.3. The molecule has 0 saturated heterocycles. The molecule has 1 aromatic heterocycles. The lowest BCUT2D eigenvalue weighted by atomic mass is 9.96. The van der Waals surface area contributed by atoms with Gasteiger partial charge in [0, 0.05) is 15.3 Å². The summed E-state index contributed by atoms with van der Waals surface area (Å²) in [5, 5.41) is 1.77. The number of imidazole rings is 1. The summed E-state index contributed by atoms with van der Waals surface area (Å²) in [6.07, 6.45) is 0. The minimum Gasteiger partial charge on any atom is -0.411 e. The van der Waals surface area contributed by atoms with Crippen LogP contribution >= 0.6 is 23.4 Å². The van der Waals surface area contributed by atoms with Crippen LogP contribution in [0.5, 0.6) is 0 Å². The van der Waals surface area contributed by atoms with Gasteiger partial charge in [0.15, 0.2) is 0 Å². The zero-order valence-electron chi connectivity index (χ0n) is 18.8. The lowest BCUT2D eigenvalue weighted by Crippen LogP contribution is -2.20. The van der Waals surface area contributed by atoms with Gasteiger partial charge in [0.2, 0.25) is 9.04 Å². The average Bonchev–Trinajstić information content (AvgIpc) is 3.05. The molecule has 0 aliphatic carbocycles. The Bertz CT molecular complexity index is 987. The van der Waals surface area contributed by atoms with Crippen molar-refractivity contribution in [1.29, 1.82) is 0 Å². The first-order valence-electron chi connectivity index (χ1n) is 10.3. The van der Waals surface area contributed by atoms with Crippen molar-refractivity contribution < 1.29 is 9.16 Å². The van der Waals surface area contributed by atoms with Crippen molar-refractivity contribution in [3.8, 4) is 0 Å². The van der Waals surface area contributed by atoms with Crippen molar-refractivity contribution in [3.63, 3.8) is 0 Å². The Kier molecular flexibility index (Phi) is 8.41. The number of aromatic nitrogens is 2. The van der Waals surface area contributed by atoms with Crippen LogP contribution in [0.25, 0.3) is 0 Å². The van der Waals surface area contributed by atoms with E-state index in [0.717, 1.165) is 32.0 Å². The second-order valence-corrected chi connectivity index (χ2v) is 12.2. The largest absolute Gasteiger partial charge is 0.411 e. The minimum atomic E-state index is -0.829. The molecule has 0 saturated carbocycles. The van der Waals surface area contributed by atoms with Gasteiger partial charge in [-0.1, -0.05) is 80.5 Å². The van der Waals surface area contributed by atoms with E-state index >= 15 is 0 Å². The predicted octanol–water partition coefficient (Wildman–Crippen LogP) is 6.93. The highest BCUT2D eigenvalue weighted by Crippen LogP contribution is 2.36. The van der Waals surface area contributed by atoms with Gasteiger partial charge < -0.3 is 9.16 Å². The second-order valence-electron chi connectivity index (χ2n) is 8.58. The molecule has 0 aliphatic rings. The summed E-state index contributed by atoms with van der Waals surface area (Å²) in [7, 11) is -0.829. The number of ether oxygens (including phenoxy) is 1. The van der Waals surface area contributed by atoms with E-state index in [-0.39, 0.29) is 5.41 Å². The molecule has 0 aliphatic heterocycles. The van der Waals surface area contributed by atoms with Crippen LogP contribution in [-0.4, -0.2) is 18.6 Å². The topological polar surface area (TPSA) is 36.3 Å². The van der Waals surface area contributed by atoms with Gasteiger partial charge in [0.1, 0.15) is 17.6 Å². The lowest BCUT2D eigenvalue weighted by molar-refractivity contribution is 0.0552. The highest BCUT2D eigenvalue weighted by Gasteiger charge is 2.27. The quantitative estimate of drug-likeness (QED) is 0.316. The van der Waals surface area contributed by atoms with E-state index in [1.165, 1.54) is 0 Å². The third-order valence-corrected chi connectivity index (χ3v) is 6.60. The Balaban J connectivity index is 1.94. The molecule has 0 fully saturated rings. The van der Waals surface area contributed by atoms with Gasteiger partial charge in [0.05, 0.1) is 18.9 Å². The van der Waals surface area contributed by atoms with Crippen LogP contribution in [0.2, 0.25) is 18.1 Å². The Hall–Kier alpha value is -1.57. The minimum absolute atomic E-state index is 0.135. The average molecular weight is 474 g/mol. The Morgan fingerprint density at radius 2 is 1.77 bits per heavy atom. The van der Waals surface area contributed by atoms with Crippen molar-refractivity contribution in [2.24, 2.45) is 0 Å². The fourth-order valence-electron chi connectivity index (χ4n) is 3.07. The molecule has 3 rings (SSSR count). The fraction of sp³-hybridized carbons (Fsp3) is 0.375. The van der Waals surface area contributed by atoms with Crippen LogP contribution in [0.3, 0.4) is 0 Å². The molecule has 3 aromatic rings. The summed E-state index contributed by atoms with van der Waals surface area (Å²) in [6, 6.07) is 18.1. The van der Waals surface area contributed by atoms with Crippen molar-refractivity contribution in [3.05, 3.63) is 76.7 Å². The van der Waals surface area contributed by atoms with E-state index in [9.17, 15) is 0 Å². The molecular formula is C24H30ClN2O2SSi. The first-order chi connectivity index (χ1) is 14.7. The van der Waals surface area contributed by atoms with Crippen molar-refractivity contribution >= 4 is 32.4 Å². The molecule has 2 aromatic carbocycles. The van der Waals surface area contributed by atoms with Crippen LogP contribution in [0.1, 0.15) is 37.9 Å². The molecule has 0 bridgehead atoms. The smallest absolute Gasteiger partial charge is 0.205 e. The highest BCUT2D eigenvalue weighted by molar-refractivity contribution is 7.99. The normalized spacial score (nSPS) is 12.0. The number of hydrogen-bond acceptors (Lipinski definition) is 4. The highest BCUT2D eigenvalue weighted by atomic mass is 35.5. The maximum atomic E-state index is 6.24. The van der Waals surface area contributed by atoms with Crippen LogP contribution < -0.4 is 0 Å². The van der Waals surface area contributed by atoms with Gasteiger partial charge in [-0.3, -0.25) is 4.57 Å². The number of benzene rings is 2. The first kappa shape index (κ1) is 24.1. The predicted molar refractivity (Wildman–Crippen MR) is 130 cm³/mol. The number of halogens is 1. The van der Waals surface area contributed by atoms with Crippen LogP contribution in [0.15, 0.2) is 64.5 Å². The summed E-state index contributed by atoms with van der Waals surface area (Å²) in [5.74, 6) is 0.990. The van der Waals surface area contributed by atoms with E-state index < -0.39 is 9.04 Å². The van der Waals surface area contributed by atoms with Gasteiger partial charge in [-0.15, -0.1) is 0 Å². The molecule has 1 radical (unpaired) electrons. The molecule has 1 heterocycles. The molecule has 31 heavy (non-hydrogen) atoms. The van der Waals surface area contributed by atoms with Crippen LogP contribution in [-0.2, 0) is 34.5 Å². The molecule has 7 heteroatoms. The number of nitrogens with zero attached hydrogens (tertiary/aromatic N) is 2. The molecule has 4 nitrogen and oxygen atoms in total. The van der Waals surface area contributed by atoms with Crippen molar-refractivity contribution in [2.75, 3.05) is 0 Å². The zero-order valence-corrected chi connectivity index (χ0v) is 21.4. The monoisotopic (exact) mass is 473 g/mol. The maximum Gasteiger partial charge on any atom is 0.205 e. The number of hydrogen-bond donors (Lipinski definition) is 0. The Morgan fingerprint density at radius 3 is 2.42 bits per heavy atom. The van der Waals surface area contributed by atoms with E-state index in [1.54, 1.807) is 11.8 Å². The lowest BCUT2D eigenvalue weighted by Gasteiger charge is -2.21. The number of rotatable bonds is 9. The van der Waals surface area contributed by atoms with Gasteiger partial charge in [-0.25, -0.2) is 4.98 Å². The third kappa shape index (κ3) is 6.96. The molecular weight excluding hydrogens is 444 g/mol. The van der Waals surface area contributed by atoms with E-state index in [1.807, 2.05) is 36.4 Å². The molecule has 0 N–H and O–H groups in total. The summed E-state index contributed by atoms with van der Waals surface area (Å²) >= 11 is 7.90. The molecule has 0 unspecified atom stereocenters. The van der Waals surface area contributed by atoms with E-state index in [2.05, 4.69) is 56.6 Å². The molecule has 0 atom stereocenters. The standard InChI is InChI=1S/C24H30ClN2O2SSi/c1-24(2,3)23-26-21(16-29-31(4)5)22(30-20-13-9-12-19(25)14-20)27(23)17-28-15-18-10-7-6-8-11-18/h6-14H,15-17H2,1-5H3. The fourth-order valence-corrected chi connectivity index (χ4v) is 4.78. The van der Waals surface area contributed by atoms with Gasteiger partial charge in [-0.05, 0) is 36.9 Å². The summed E-state index contributed by atoms with van der Waals surface area (Å²) < 4.78 is 14.3. The van der Waals surface area contributed by atoms with Crippen LogP contribution in [0, 0.1) is 0 Å². The molecule has 165 valence electrons. The van der Waals surface area contributed by atoms with Gasteiger partial charge >= 0.3 is 0 Å². The van der Waals surface area contributed by atoms with Crippen LogP contribution in [0.4, 0.5) is 0 Å².